The van der Waals surface area contributed by atoms with Gasteiger partial charge in [-0.15, -0.1) is 11.3 Å². The number of amides is 1. The molecule has 0 saturated heterocycles. The number of carbonyl (C=O) groups excluding carboxylic acids is 1. The quantitative estimate of drug-likeness (QED) is 0.528. The van der Waals surface area contributed by atoms with Crippen molar-refractivity contribution >= 4 is 44.7 Å². The molecule has 0 fully saturated rings. The summed E-state index contributed by atoms with van der Waals surface area (Å²) >= 11 is 1.57. The summed E-state index contributed by atoms with van der Waals surface area (Å²) in [4.78, 5) is 21.9. The Morgan fingerprint density at radius 1 is 0.963 bits per heavy atom. The number of hydrogen-bond donors (Lipinski definition) is 2. The van der Waals surface area contributed by atoms with E-state index in [0.29, 0.717) is 11.3 Å². The molecule has 2 aromatic heterocycles. The third-order valence-electron chi connectivity index (χ3n) is 4.02. The molecule has 4 aromatic rings. The third-order valence-corrected chi connectivity index (χ3v) is 4.84. The lowest BCUT2D eigenvalue weighted by Gasteiger charge is -2.09. The highest BCUT2D eigenvalue weighted by atomic mass is 32.1. The minimum Gasteiger partial charge on any atom is -0.497 e. The number of rotatable bonds is 5. The zero-order valence-electron chi connectivity index (χ0n) is 14.5. The molecule has 2 N–H and O–H groups in total. The van der Waals surface area contributed by atoms with Crippen LogP contribution in [0.5, 0.6) is 5.75 Å². The van der Waals surface area contributed by atoms with Gasteiger partial charge in [-0.05, 0) is 60.0 Å². The van der Waals surface area contributed by atoms with E-state index in [1.807, 2.05) is 23.6 Å². The van der Waals surface area contributed by atoms with Gasteiger partial charge in [-0.3, -0.25) is 4.79 Å². The molecule has 1 amide bonds. The second-order valence-corrected chi connectivity index (χ2v) is 6.64. The molecule has 0 aliphatic heterocycles. The number of hydrogen-bond acceptors (Lipinski definition) is 6. The SMILES string of the molecule is COc1ccc(NC(=O)c2ccc(Nc3ncnc4sccc34)cc2)cc1. The molecule has 4 rings (SSSR count). The van der Waals surface area contributed by atoms with Crippen molar-refractivity contribution in [3.05, 3.63) is 71.9 Å². The average molecular weight is 376 g/mol. The second kappa shape index (κ2) is 7.43. The van der Waals surface area contributed by atoms with E-state index in [2.05, 4.69) is 20.6 Å². The standard InChI is InChI=1S/C20H16N4O2S/c1-26-16-8-6-15(7-9-16)24-19(25)13-2-4-14(5-3-13)23-18-17-10-11-27-20(17)22-12-21-18/h2-12H,1H3,(H,24,25)(H,21,22,23). The molecule has 0 aliphatic rings. The van der Waals surface area contributed by atoms with Crippen LogP contribution in [0.25, 0.3) is 10.2 Å². The van der Waals surface area contributed by atoms with E-state index in [1.54, 1.807) is 54.8 Å². The van der Waals surface area contributed by atoms with Crippen LogP contribution in [0.2, 0.25) is 0 Å². The van der Waals surface area contributed by atoms with Crippen LogP contribution in [-0.2, 0) is 0 Å². The fraction of sp³-hybridized carbons (Fsp3) is 0.0500. The van der Waals surface area contributed by atoms with Gasteiger partial charge in [0.25, 0.3) is 5.91 Å². The number of carbonyl (C=O) groups is 1. The van der Waals surface area contributed by atoms with E-state index >= 15 is 0 Å². The lowest BCUT2D eigenvalue weighted by Crippen LogP contribution is -2.11. The van der Waals surface area contributed by atoms with E-state index < -0.39 is 0 Å². The number of nitrogens with one attached hydrogen (secondary N) is 2. The monoisotopic (exact) mass is 376 g/mol. The van der Waals surface area contributed by atoms with Crippen LogP contribution in [0.3, 0.4) is 0 Å². The Kier molecular flexibility index (Phi) is 4.67. The van der Waals surface area contributed by atoms with Gasteiger partial charge in [0.1, 0.15) is 22.7 Å². The van der Waals surface area contributed by atoms with Gasteiger partial charge in [-0.25, -0.2) is 9.97 Å². The third kappa shape index (κ3) is 3.73. The zero-order valence-corrected chi connectivity index (χ0v) is 15.3. The number of thiophene rings is 1. The van der Waals surface area contributed by atoms with E-state index in [9.17, 15) is 4.79 Å². The summed E-state index contributed by atoms with van der Waals surface area (Å²) in [5.41, 5.74) is 2.13. The Hall–Kier alpha value is -3.45. The molecule has 2 heterocycles. The van der Waals surface area contributed by atoms with Crippen LogP contribution in [0.4, 0.5) is 17.2 Å². The number of ether oxygens (including phenoxy) is 1. The molecular weight excluding hydrogens is 360 g/mol. The summed E-state index contributed by atoms with van der Waals surface area (Å²) in [6.45, 7) is 0. The first-order valence-corrected chi connectivity index (χ1v) is 9.11. The lowest BCUT2D eigenvalue weighted by atomic mass is 10.2. The fourth-order valence-electron chi connectivity index (χ4n) is 2.61. The van der Waals surface area contributed by atoms with Crippen molar-refractivity contribution in [2.45, 2.75) is 0 Å². The van der Waals surface area contributed by atoms with E-state index in [4.69, 9.17) is 4.74 Å². The summed E-state index contributed by atoms with van der Waals surface area (Å²) in [7, 11) is 1.61. The molecule has 27 heavy (non-hydrogen) atoms. The molecule has 0 aliphatic carbocycles. The van der Waals surface area contributed by atoms with Gasteiger partial charge in [0.15, 0.2) is 0 Å². The summed E-state index contributed by atoms with van der Waals surface area (Å²) in [6.07, 6.45) is 1.54. The van der Waals surface area contributed by atoms with E-state index in [0.717, 1.165) is 27.5 Å². The summed E-state index contributed by atoms with van der Waals surface area (Å²) in [6, 6.07) is 16.4. The predicted octanol–water partition coefficient (Wildman–Crippen LogP) is 4.70. The van der Waals surface area contributed by atoms with Crippen LogP contribution < -0.4 is 15.4 Å². The normalized spacial score (nSPS) is 10.6. The van der Waals surface area contributed by atoms with Crippen molar-refractivity contribution in [2.75, 3.05) is 17.7 Å². The molecule has 2 aromatic carbocycles. The Balaban J connectivity index is 1.46. The summed E-state index contributed by atoms with van der Waals surface area (Å²) in [5, 5.41) is 9.10. The van der Waals surface area contributed by atoms with Crippen molar-refractivity contribution in [3.8, 4) is 5.75 Å². The number of fused-ring (bicyclic) bond motifs is 1. The molecule has 134 valence electrons. The van der Waals surface area contributed by atoms with Crippen molar-refractivity contribution in [2.24, 2.45) is 0 Å². The molecule has 0 atom stereocenters. The van der Waals surface area contributed by atoms with Gasteiger partial charge in [0.2, 0.25) is 0 Å². The smallest absolute Gasteiger partial charge is 0.255 e. The molecule has 0 radical (unpaired) electrons. The fourth-order valence-corrected chi connectivity index (χ4v) is 3.34. The zero-order chi connectivity index (χ0) is 18.6. The predicted molar refractivity (Wildman–Crippen MR) is 108 cm³/mol. The number of aromatic nitrogens is 2. The Morgan fingerprint density at radius 2 is 1.70 bits per heavy atom. The highest BCUT2D eigenvalue weighted by Gasteiger charge is 2.08. The molecule has 7 heteroatoms. The summed E-state index contributed by atoms with van der Waals surface area (Å²) in [5.74, 6) is 1.32. The van der Waals surface area contributed by atoms with Crippen LogP contribution in [0.15, 0.2) is 66.3 Å². The average Bonchev–Trinajstić information content (AvgIpc) is 3.19. The van der Waals surface area contributed by atoms with Gasteiger partial charge in [0.05, 0.1) is 12.5 Å². The topological polar surface area (TPSA) is 76.1 Å². The second-order valence-electron chi connectivity index (χ2n) is 5.75. The molecule has 6 nitrogen and oxygen atoms in total. The lowest BCUT2D eigenvalue weighted by molar-refractivity contribution is 0.102. The Morgan fingerprint density at radius 3 is 2.44 bits per heavy atom. The summed E-state index contributed by atoms with van der Waals surface area (Å²) < 4.78 is 5.11. The van der Waals surface area contributed by atoms with Crippen molar-refractivity contribution in [1.29, 1.82) is 0 Å². The number of benzene rings is 2. The number of methoxy groups -OCH3 is 1. The minimum atomic E-state index is -0.172. The van der Waals surface area contributed by atoms with Crippen molar-refractivity contribution in [1.82, 2.24) is 9.97 Å². The van der Waals surface area contributed by atoms with Gasteiger partial charge in [-0.2, -0.15) is 0 Å². The van der Waals surface area contributed by atoms with Crippen molar-refractivity contribution < 1.29 is 9.53 Å². The van der Waals surface area contributed by atoms with Crippen LogP contribution >= 0.6 is 11.3 Å². The largest absolute Gasteiger partial charge is 0.497 e. The first-order chi connectivity index (χ1) is 13.2. The highest BCUT2D eigenvalue weighted by molar-refractivity contribution is 7.16. The van der Waals surface area contributed by atoms with Gasteiger partial charge < -0.3 is 15.4 Å². The molecule has 0 bridgehead atoms. The molecule has 0 spiro atoms. The van der Waals surface area contributed by atoms with Crippen LogP contribution in [-0.4, -0.2) is 23.0 Å². The molecular formula is C20H16N4O2S. The first-order valence-electron chi connectivity index (χ1n) is 8.23. The van der Waals surface area contributed by atoms with Crippen LogP contribution in [0.1, 0.15) is 10.4 Å². The minimum absolute atomic E-state index is 0.172. The van der Waals surface area contributed by atoms with Gasteiger partial charge >= 0.3 is 0 Å². The maximum Gasteiger partial charge on any atom is 0.255 e. The molecule has 0 saturated carbocycles. The van der Waals surface area contributed by atoms with Gasteiger partial charge in [0, 0.05) is 16.9 Å². The first kappa shape index (κ1) is 17.0. The van der Waals surface area contributed by atoms with Gasteiger partial charge in [-0.1, -0.05) is 0 Å². The van der Waals surface area contributed by atoms with E-state index in [1.165, 1.54) is 6.33 Å². The number of anilines is 3. The Labute approximate surface area is 159 Å². The molecule has 0 unspecified atom stereocenters. The van der Waals surface area contributed by atoms with E-state index in [-0.39, 0.29) is 5.91 Å². The maximum atomic E-state index is 12.4. The maximum absolute atomic E-state index is 12.4. The van der Waals surface area contributed by atoms with Crippen molar-refractivity contribution in [3.63, 3.8) is 0 Å². The Bertz CT molecular complexity index is 1080. The highest BCUT2D eigenvalue weighted by Crippen LogP contribution is 2.26. The van der Waals surface area contributed by atoms with Crippen LogP contribution in [0, 0.1) is 0 Å². The number of nitrogens with zero attached hydrogens (tertiary/aromatic N) is 2.